The number of pyridine rings is 1. The third-order valence-electron chi connectivity index (χ3n) is 5.06. The molecule has 0 aliphatic carbocycles. The van der Waals surface area contributed by atoms with Crippen LogP contribution in [0.2, 0.25) is 0 Å². The number of nitrogens with zero attached hydrogens (tertiary/aromatic N) is 1. The number of aromatic nitrogens is 1. The van der Waals surface area contributed by atoms with E-state index in [1.54, 1.807) is 12.3 Å². The van der Waals surface area contributed by atoms with Gasteiger partial charge in [-0.2, -0.15) is 0 Å². The van der Waals surface area contributed by atoms with Crippen LogP contribution in [0.5, 0.6) is 5.75 Å². The highest BCUT2D eigenvalue weighted by molar-refractivity contribution is 7.54. The van der Waals surface area contributed by atoms with Gasteiger partial charge < -0.3 is 19.5 Å². The Balaban J connectivity index is 1.92. The van der Waals surface area contributed by atoms with Crippen LogP contribution in [0.25, 0.3) is 10.9 Å². The molecule has 30 heavy (non-hydrogen) atoms. The average molecular weight is 429 g/mol. The van der Waals surface area contributed by atoms with Crippen LogP contribution >= 0.6 is 7.60 Å². The van der Waals surface area contributed by atoms with Gasteiger partial charge in [-0.15, -0.1) is 0 Å². The monoisotopic (exact) mass is 429 g/mol. The Labute approximate surface area is 177 Å². The van der Waals surface area contributed by atoms with Crippen LogP contribution < -0.4 is 5.32 Å². The van der Waals surface area contributed by atoms with E-state index >= 15 is 0 Å². The summed E-state index contributed by atoms with van der Waals surface area (Å²) in [7, 11) is -3.43. The fraction of sp³-hybridized carbons (Fsp3) is 0.348. The summed E-state index contributed by atoms with van der Waals surface area (Å²) in [6.07, 6.45) is 2.45. The zero-order valence-electron chi connectivity index (χ0n) is 17.7. The largest absolute Gasteiger partial charge is 0.508 e. The van der Waals surface area contributed by atoms with E-state index in [-0.39, 0.29) is 0 Å². The summed E-state index contributed by atoms with van der Waals surface area (Å²) in [6.45, 7) is 6.78. The van der Waals surface area contributed by atoms with Crippen molar-refractivity contribution in [3.05, 3.63) is 71.4 Å². The lowest BCUT2D eigenvalue weighted by Crippen LogP contribution is -2.85. The standard InChI is InChI=1S/C23H29N2O4P/c1-4-28-30(27,29-5-2)23(20-13-15-24-21-9-7-6-8-19(20)21)25-14-12-18-11-10-17(3)22(26)16-18/h6-11,13,15-16,23,25-26H,4-5,12,14H2,1-3H3/p+1/t23-/m0/s1. The normalized spacial score (nSPS) is 12.9. The van der Waals surface area contributed by atoms with Gasteiger partial charge in [0, 0.05) is 23.6 Å². The highest BCUT2D eigenvalue weighted by Gasteiger charge is 2.41. The second-order valence-corrected chi connectivity index (χ2v) is 9.29. The summed E-state index contributed by atoms with van der Waals surface area (Å²) in [6, 6.07) is 15.4. The van der Waals surface area contributed by atoms with E-state index in [1.807, 2.05) is 68.6 Å². The number of aromatic hydroxyl groups is 1. The Kier molecular flexibility index (Phi) is 7.62. The summed E-state index contributed by atoms with van der Waals surface area (Å²) in [5.41, 5.74) is 3.60. The minimum Gasteiger partial charge on any atom is -0.508 e. The van der Waals surface area contributed by atoms with Crippen LogP contribution in [-0.2, 0) is 20.0 Å². The molecule has 0 saturated heterocycles. The molecule has 7 heteroatoms. The van der Waals surface area contributed by atoms with E-state index in [0.29, 0.717) is 31.9 Å². The van der Waals surface area contributed by atoms with Crippen molar-refractivity contribution in [1.29, 1.82) is 0 Å². The fourth-order valence-electron chi connectivity index (χ4n) is 3.58. The van der Waals surface area contributed by atoms with Crippen LogP contribution in [0.3, 0.4) is 0 Å². The molecule has 6 nitrogen and oxygen atoms in total. The van der Waals surface area contributed by atoms with E-state index in [1.165, 1.54) is 0 Å². The predicted molar refractivity (Wildman–Crippen MR) is 119 cm³/mol. The van der Waals surface area contributed by atoms with Crippen molar-refractivity contribution in [2.24, 2.45) is 0 Å². The maximum absolute atomic E-state index is 13.8. The quantitative estimate of drug-likeness (QED) is 0.469. The Hall–Kier alpha value is -2.24. The third-order valence-corrected chi connectivity index (χ3v) is 7.46. The smallest absolute Gasteiger partial charge is 0.392 e. The molecule has 0 aliphatic heterocycles. The molecule has 3 rings (SSSR count). The van der Waals surface area contributed by atoms with Crippen molar-refractivity contribution in [3.63, 3.8) is 0 Å². The maximum Gasteiger partial charge on any atom is 0.392 e. The molecule has 1 aromatic heterocycles. The molecule has 0 amide bonds. The van der Waals surface area contributed by atoms with Crippen molar-refractivity contribution in [2.75, 3.05) is 19.8 Å². The number of para-hydroxylation sites is 1. The van der Waals surface area contributed by atoms with Gasteiger partial charge in [0.1, 0.15) is 5.75 Å². The maximum atomic E-state index is 13.8. The first-order valence-corrected chi connectivity index (χ1v) is 11.9. The van der Waals surface area contributed by atoms with E-state index in [9.17, 15) is 9.67 Å². The van der Waals surface area contributed by atoms with Crippen LogP contribution in [-0.4, -0.2) is 29.8 Å². The lowest BCUT2D eigenvalue weighted by molar-refractivity contribution is -0.677. The summed E-state index contributed by atoms with van der Waals surface area (Å²) in [5, 5.41) is 12.9. The highest BCUT2D eigenvalue weighted by atomic mass is 31.2. The van der Waals surface area contributed by atoms with Crippen molar-refractivity contribution in [1.82, 2.24) is 4.98 Å². The molecule has 1 atom stereocenters. The van der Waals surface area contributed by atoms with Crippen molar-refractivity contribution >= 4 is 18.5 Å². The number of fused-ring (bicyclic) bond motifs is 1. The number of phenolic OH excluding ortho intramolecular Hbond substituents is 1. The summed E-state index contributed by atoms with van der Waals surface area (Å²) in [4.78, 5) is 4.43. The van der Waals surface area contributed by atoms with E-state index < -0.39 is 13.4 Å². The van der Waals surface area contributed by atoms with Crippen LogP contribution in [0.15, 0.2) is 54.7 Å². The van der Waals surface area contributed by atoms with Gasteiger partial charge >= 0.3 is 7.60 Å². The minimum atomic E-state index is -3.43. The first-order chi connectivity index (χ1) is 14.5. The lowest BCUT2D eigenvalue weighted by atomic mass is 10.1. The Morgan fingerprint density at radius 1 is 1.10 bits per heavy atom. The SMILES string of the molecule is CCOP(=O)(OCC)[C@H]([NH2+]CCc1ccc(C)c(O)c1)c1ccnc2ccccc12. The van der Waals surface area contributed by atoms with Gasteiger partial charge in [-0.05, 0) is 50.1 Å². The number of hydrogen-bond donors (Lipinski definition) is 2. The molecule has 3 aromatic rings. The van der Waals surface area contributed by atoms with Gasteiger partial charge in [-0.3, -0.25) is 9.55 Å². The molecular weight excluding hydrogens is 399 g/mol. The molecular formula is C23H30N2O4P+. The summed E-state index contributed by atoms with van der Waals surface area (Å²) in [5.74, 6) is -0.220. The highest BCUT2D eigenvalue weighted by Crippen LogP contribution is 2.58. The summed E-state index contributed by atoms with van der Waals surface area (Å²) >= 11 is 0. The molecule has 2 aromatic carbocycles. The summed E-state index contributed by atoms with van der Waals surface area (Å²) < 4.78 is 25.2. The van der Waals surface area contributed by atoms with Crippen molar-refractivity contribution in [3.8, 4) is 5.75 Å². The lowest BCUT2D eigenvalue weighted by Gasteiger charge is -2.25. The second kappa shape index (κ2) is 10.2. The molecule has 0 spiro atoms. The van der Waals surface area contributed by atoms with Gasteiger partial charge in [-0.25, -0.2) is 0 Å². The van der Waals surface area contributed by atoms with Gasteiger partial charge in [0.15, 0.2) is 0 Å². The third kappa shape index (κ3) is 5.08. The second-order valence-electron chi connectivity index (χ2n) is 7.13. The Morgan fingerprint density at radius 2 is 1.83 bits per heavy atom. The van der Waals surface area contributed by atoms with E-state index in [4.69, 9.17) is 9.05 Å². The number of nitrogens with two attached hydrogens (primary N) is 1. The molecule has 160 valence electrons. The van der Waals surface area contributed by atoms with E-state index in [0.717, 1.165) is 27.6 Å². The predicted octanol–water partition coefficient (Wildman–Crippen LogP) is 4.32. The molecule has 0 saturated carbocycles. The Bertz CT molecular complexity index is 1030. The van der Waals surface area contributed by atoms with Crippen LogP contribution in [0, 0.1) is 6.92 Å². The number of aryl methyl sites for hydroxylation is 1. The van der Waals surface area contributed by atoms with Crippen molar-refractivity contribution < 1.29 is 24.0 Å². The number of benzene rings is 2. The molecule has 0 radical (unpaired) electrons. The first-order valence-electron chi connectivity index (χ1n) is 10.3. The van der Waals surface area contributed by atoms with Gasteiger partial charge in [0.05, 0.1) is 25.3 Å². The Morgan fingerprint density at radius 3 is 2.53 bits per heavy atom. The van der Waals surface area contributed by atoms with E-state index in [2.05, 4.69) is 4.98 Å². The molecule has 3 N–H and O–H groups in total. The fourth-order valence-corrected chi connectivity index (χ4v) is 5.67. The van der Waals surface area contributed by atoms with Gasteiger partial charge in [-0.1, -0.05) is 30.3 Å². The van der Waals surface area contributed by atoms with Gasteiger partial charge in [0.2, 0.25) is 5.78 Å². The van der Waals surface area contributed by atoms with Crippen molar-refractivity contribution in [2.45, 2.75) is 33.0 Å². The molecule has 0 bridgehead atoms. The zero-order valence-corrected chi connectivity index (χ0v) is 18.6. The number of rotatable bonds is 10. The number of phenols is 1. The molecule has 0 fully saturated rings. The molecule has 0 aliphatic rings. The topological polar surface area (TPSA) is 85.3 Å². The van der Waals surface area contributed by atoms with Crippen LogP contribution in [0.1, 0.15) is 36.3 Å². The average Bonchev–Trinajstić information content (AvgIpc) is 2.74. The minimum absolute atomic E-state index is 0.290. The molecule has 0 unspecified atom stereocenters. The van der Waals surface area contributed by atoms with Crippen LogP contribution in [0.4, 0.5) is 0 Å². The molecule has 1 heterocycles. The first kappa shape index (κ1) is 22.4. The zero-order chi connectivity index (χ0) is 21.6. The van der Waals surface area contributed by atoms with Gasteiger partial charge in [0.25, 0.3) is 0 Å². The number of quaternary nitrogens is 1. The number of hydrogen-bond acceptors (Lipinski definition) is 5.